The fourth-order valence-corrected chi connectivity index (χ4v) is 3.10. The van der Waals surface area contributed by atoms with E-state index >= 15 is 0 Å². The number of nitrogens with one attached hydrogen (secondary N) is 1. The van der Waals surface area contributed by atoms with Gasteiger partial charge in [0.05, 0.1) is 23.1 Å². The quantitative estimate of drug-likeness (QED) is 0.544. The zero-order chi connectivity index (χ0) is 20.3. The molecule has 2 aromatic heterocycles. The van der Waals surface area contributed by atoms with Crippen LogP contribution in [0.25, 0.3) is 16.6 Å². The molecule has 5 nitrogen and oxygen atoms in total. The van der Waals surface area contributed by atoms with Crippen LogP contribution in [0.5, 0.6) is 0 Å². The second kappa shape index (κ2) is 8.03. The van der Waals surface area contributed by atoms with Crippen LogP contribution < -0.4 is 11.1 Å². The summed E-state index contributed by atoms with van der Waals surface area (Å²) in [6.07, 6.45) is 4.96. The average molecular weight is 392 g/mol. The highest BCUT2D eigenvalue weighted by Crippen LogP contribution is 2.16. The number of aryl methyl sites for hydroxylation is 1. The molecule has 0 radical (unpaired) electrons. The minimum absolute atomic E-state index is 0.157. The molecule has 0 aliphatic heterocycles. The third-order valence-corrected chi connectivity index (χ3v) is 4.51. The number of fused-ring (bicyclic) bond motifs is 1. The molecule has 0 amide bonds. The molecule has 0 fully saturated rings. The fraction of sp³-hybridized carbons (Fsp3) is 0.0909. The maximum Gasteiger partial charge on any atom is 0.280 e. The van der Waals surface area contributed by atoms with Gasteiger partial charge in [-0.25, -0.2) is 4.68 Å². The maximum atomic E-state index is 12.9. The molecule has 6 heteroatoms. The Labute approximate surface area is 166 Å². The van der Waals surface area contributed by atoms with Gasteiger partial charge in [0.15, 0.2) is 0 Å². The van der Waals surface area contributed by atoms with Crippen LogP contribution >= 0.6 is 11.6 Å². The summed E-state index contributed by atoms with van der Waals surface area (Å²) >= 11 is 6.03. The molecule has 0 bridgehead atoms. The van der Waals surface area contributed by atoms with Crippen molar-refractivity contribution >= 4 is 22.5 Å². The Morgan fingerprint density at radius 3 is 2.75 bits per heavy atom. The Morgan fingerprint density at radius 1 is 1.29 bits per heavy atom. The highest BCUT2D eigenvalue weighted by Gasteiger charge is 2.14. The molecule has 0 unspecified atom stereocenters. The van der Waals surface area contributed by atoms with Gasteiger partial charge < -0.3 is 4.57 Å². The summed E-state index contributed by atoms with van der Waals surface area (Å²) < 4.78 is 2.85. The van der Waals surface area contributed by atoms with E-state index in [1.165, 1.54) is 15.3 Å². The lowest BCUT2D eigenvalue weighted by Gasteiger charge is -2.05. The van der Waals surface area contributed by atoms with Crippen LogP contribution in [-0.2, 0) is 6.54 Å². The number of benzene rings is 1. The molecule has 140 valence electrons. The number of nitrogens with zero attached hydrogens (tertiary/aromatic N) is 2. The van der Waals surface area contributed by atoms with E-state index in [2.05, 4.69) is 30.1 Å². The zero-order valence-corrected chi connectivity index (χ0v) is 16.1. The van der Waals surface area contributed by atoms with Crippen LogP contribution in [0.1, 0.15) is 5.69 Å². The molecule has 0 saturated carbocycles. The Balaban J connectivity index is 2.12. The van der Waals surface area contributed by atoms with Crippen molar-refractivity contribution in [1.29, 1.82) is 0 Å². The molecule has 3 aromatic rings. The topological polar surface area (TPSA) is 59.8 Å². The summed E-state index contributed by atoms with van der Waals surface area (Å²) in [5.74, 6) is 5.87. The molecule has 0 spiro atoms. The van der Waals surface area contributed by atoms with Gasteiger partial charge in [-0.2, -0.15) is 0 Å². The molecular formula is C22H18ClN3O2. The highest BCUT2D eigenvalue weighted by atomic mass is 35.5. The Bertz CT molecular complexity index is 1290. The first-order valence-corrected chi connectivity index (χ1v) is 8.89. The number of aromatic nitrogens is 3. The van der Waals surface area contributed by atoms with Crippen LogP contribution in [0, 0.1) is 18.8 Å². The van der Waals surface area contributed by atoms with E-state index in [-0.39, 0.29) is 17.7 Å². The van der Waals surface area contributed by atoms with E-state index in [1.807, 2.05) is 0 Å². The Morgan fingerprint density at radius 2 is 2.07 bits per heavy atom. The largest absolute Gasteiger partial charge is 0.300 e. The molecule has 0 aliphatic rings. The van der Waals surface area contributed by atoms with Crippen LogP contribution in [0.15, 0.2) is 76.9 Å². The Hall–Kier alpha value is -3.49. The zero-order valence-electron chi connectivity index (χ0n) is 15.3. The summed E-state index contributed by atoms with van der Waals surface area (Å²) in [5, 5.41) is 3.93. The predicted molar refractivity (Wildman–Crippen MR) is 114 cm³/mol. The molecule has 0 atom stereocenters. The lowest BCUT2D eigenvalue weighted by atomic mass is 10.2. The lowest BCUT2D eigenvalue weighted by Crippen LogP contribution is -2.23. The van der Waals surface area contributed by atoms with Crippen molar-refractivity contribution in [2.75, 3.05) is 0 Å². The molecule has 2 heterocycles. The number of hydrogen-bond donors (Lipinski definition) is 1. The van der Waals surface area contributed by atoms with Gasteiger partial charge in [-0.3, -0.25) is 14.7 Å². The number of H-pyrrole nitrogens is 1. The van der Waals surface area contributed by atoms with Gasteiger partial charge in [0.25, 0.3) is 11.1 Å². The second-order valence-electron chi connectivity index (χ2n) is 6.04. The Kier molecular flexibility index (Phi) is 5.53. The van der Waals surface area contributed by atoms with Crippen molar-refractivity contribution in [2.45, 2.75) is 13.5 Å². The highest BCUT2D eigenvalue weighted by molar-refractivity contribution is 6.30. The van der Waals surface area contributed by atoms with Gasteiger partial charge in [-0.15, -0.1) is 0 Å². The summed E-state index contributed by atoms with van der Waals surface area (Å²) in [5.41, 5.74) is 1.81. The molecule has 28 heavy (non-hydrogen) atoms. The van der Waals surface area contributed by atoms with Crippen LogP contribution in [-0.4, -0.2) is 14.3 Å². The number of hydrogen-bond acceptors (Lipinski definition) is 2. The van der Waals surface area contributed by atoms with E-state index < -0.39 is 0 Å². The maximum absolute atomic E-state index is 12.9. The molecule has 0 saturated heterocycles. The molecule has 1 N–H and O–H groups in total. The minimum atomic E-state index is -0.255. The predicted octanol–water partition coefficient (Wildman–Crippen LogP) is 3.74. The summed E-state index contributed by atoms with van der Waals surface area (Å²) in [6.45, 7) is 9.20. The summed E-state index contributed by atoms with van der Waals surface area (Å²) in [4.78, 5) is 25.5. The van der Waals surface area contributed by atoms with Gasteiger partial charge in [0.2, 0.25) is 0 Å². The van der Waals surface area contributed by atoms with Crippen LogP contribution in [0.4, 0.5) is 0 Å². The van der Waals surface area contributed by atoms with Crippen molar-refractivity contribution < 1.29 is 0 Å². The van der Waals surface area contributed by atoms with Crippen molar-refractivity contribution in [3.05, 3.63) is 98.7 Å². The van der Waals surface area contributed by atoms with Crippen molar-refractivity contribution in [2.24, 2.45) is 0 Å². The van der Waals surface area contributed by atoms with Crippen molar-refractivity contribution in [1.82, 2.24) is 14.3 Å². The van der Waals surface area contributed by atoms with Crippen LogP contribution in [0.2, 0.25) is 5.02 Å². The number of pyridine rings is 1. The van der Waals surface area contributed by atoms with Crippen LogP contribution in [0.3, 0.4) is 0 Å². The number of allylic oxidation sites excluding steroid dienone is 4. The number of rotatable bonds is 4. The van der Waals surface area contributed by atoms with E-state index in [9.17, 15) is 9.59 Å². The van der Waals surface area contributed by atoms with Gasteiger partial charge >= 0.3 is 0 Å². The molecule has 3 rings (SSSR count). The lowest BCUT2D eigenvalue weighted by molar-refractivity contribution is 0.771. The normalized spacial score (nSPS) is 11.1. The second-order valence-corrected chi connectivity index (χ2v) is 6.48. The first-order chi connectivity index (χ1) is 13.5. The standard InChI is InChI=1S/C22H18ClN3O2/c1-4-8-16(5-2)9-7-12-25-15(3)21-19(14-20(25)27)24-26(22(21)28)18-11-6-10-17(23)13-18/h4-6,8,10-11,13-14,24H,1-2,12H2,3H3/b16-8+. The molecular weight excluding hydrogens is 374 g/mol. The van der Waals surface area contributed by atoms with Crippen molar-refractivity contribution in [3.8, 4) is 17.5 Å². The molecule has 1 aromatic carbocycles. The smallest absolute Gasteiger partial charge is 0.280 e. The van der Waals surface area contributed by atoms with E-state index in [0.29, 0.717) is 32.9 Å². The van der Waals surface area contributed by atoms with E-state index in [4.69, 9.17) is 11.6 Å². The first-order valence-electron chi connectivity index (χ1n) is 8.51. The summed E-state index contributed by atoms with van der Waals surface area (Å²) in [6, 6.07) is 8.32. The van der Waals surface area contributed by atoms with Gasteiger partial charge in [-0.1, -0.05) is 54.8 Å². The van der Waals surface area contributed by atoms with Crippen molar-refractivity contribution in [3.63, 3.8) is 0 Å². The first kappa shape index (κ1) is 19.3. The minimum Gasteiger partial charge on any atom is -0.300 e. The average Bonchev–Trinajstić information content (AvgIpc) is 2.99. The third-order valence-electron chi connectivity index (χ3n) is 4.27. The third kappa shape index (κ3) is 3.64. The van der Waals surface area contributed by atoms with Gasteiger partial charge in [0, 0.05) is 22.4 Å². The summed E-state index contributed by atoms with van der Waals surface area (Å²) in [7, 11) is 0. The number of aromatic amines is 1. The van der Waals surface area contributed by atoms with E-state index in [0.717, 1.165) is 0 Å². The molecule has 0 aliphatic carbocycles. The van der Waals surface area contributed by atoms with Gasteiger partial charge in [-0.05, 0) is 31.2 Å². The fourth-order valence-electron chi connectivity index (χ4n) is 2.91. The SMILES string of the molecule is C=C/C=C(/C#CCn1c(C)c2c(=O)n(-c3cccc(Cl)c3)[nH]c2cc1=O)C=C. The van der Waals surface area contributed by atoms with Gasteiger partial charge in [0.1, 0.15) is 0 Å². The van der Waals surface area contributed by atoms with E-state index in [1.54, 1.807) is 49.4 Å². The monoisotopic (exact) mass is 391 g/mol. The number of halogens is 1.